The molecule has 4 heterocycles. The van der Waals surface area contributed by atoms with Crippen LogP contribution in [0.15, 0.2) is 46.2 Å². The Hall–Kier alpha value is -3.17. The lowest BCUT2D eigenvalue weighted by Crippen LogP contribution is -2.46. The molecular formula is C24H30N6O3. The summed E-state index contributed by atoms with van der Waals surface area (Å²) in [6.45, 7) is 5.06. The van der Waals surface area contributed by atoms with Gasteiger partial charge in [-0.2, -0.15) is 0 Å². The zero-order chi connectivity index (χ0) is 22.9. The standard InChI is InChI=1S/C24H30N6O3/c1-3-29-21-17(14-26-22-20(21)7-8-25-22)15-30(24(29)32)18-11-16(12-19(13-18)33-2)23(31)27-28-9-5-4-6-10-28/h11-15,22,25H,3-10H2,1-2H3,(H,27,31). The topological polar surface area (TPSA) is 89.5 Å². The first-order chi connectivity index (χ1) is 16.1. The van der Waals surface area contributed by atoms with Gasteiger partial charge < -0.3 is 4.74 Å². The van der Waals surface area contributed by atoms with Crippen LogP contribution in [0.2, 0.25) is 0 Å². The molecule has 2 N–H and O–H groups in total. The second-order valence-electron chi connectivity index (χ2n) is 8.65. The van der Waals surface area contributed by atoms with Crippen LogP contribution in [0.1, 0.15) is 43.0 Å². The van der Waals surface area contributed by atoms with Gasteiger partial charge in [-0.05, 0) is 43.9 Å². The van der Waals surface area contributed by atoms with Crippen LogP contribution in [0.4, 0.5) is 10.5 Å². The molecule has 5 rings (SSSR count). The van der Waals surface area contributed by atoms with Gasteiger partial charge in [0.2, 0.25) is 0 Å². The van der Waals surface area contributed by atoms with Gasteiger partial charge in [0.05, 0.1) is 18.5 Å². The summed E-state index contributed by atoms with van der Waals surface area (Å²) in [5.41, 5.74) is 7.03. The molecule has 2 fully saturated rings. The quantitative estimate of drug-likeness (QED) is 0.720. The molecule has 0 bridgehead atoms. The third kappa shape index (κ3) is 4.02. The second-order valence-corrected chi connectivity index (χ2v) is 8.65. The van der Waals surface area contributed by atoms with Gasteiger partial charge in [0.1, 0.15) is 11.9 Å². The minimum Gasteiger partial charge on any atom is -0.497 e. The molecule has 2 saturated heterocycles. The van der Waals surface area contributed by atoms with E-state index in [-0.39, 0.29) is 18.1 Å². The Balaban J connectivity index is 1.49. The van der Waals surface area contributed by atoms with Crippen LogP contribution in [0.25, 0.3) is 0 Å². The number of likely N-dealkylation sites (N-methyl/N-ethyl adjacent to an activating group) is 1. The lowest BCUT2D eigenvalue weighted by atomic mass is 9.99. The predicted octanol–water partition coefficient (Wildman–Crippen LogP) is 2.63. The van der Waals surface area contributed by atoms with E-state index in [0.29, 0.717) is 23.5 Å². The molecule has 0 spiro atoms. The number of amides is 3. The van der Waals surface area contributed by atoms with Crippen molar-refractivity contribution in [2.24, 2.45) is 4.99 Å². The van der Waals surface area contributed by atoms with Crippen molar-refractivity contribution in [2.75, 3.05) is 38.2 Å². The number of allylic oxidation sites excluding steroid dienone is 1. The van der Waals surface area contributed by atoms with E-state index in [9.17, 15) is 9.59 Å². The van der Waals surface area contributed by atoms with Crippen molar-refractivity contribution in [3.05, 3.63) is 46.8 Å². The highest BCUT2D eigenvalue weighted by atomic mass is 16.5. The molecule has 1 aromatic carbocycles. The lowest BCUT2D eigenvalue weighted by Gasteiger charge is -2.38. The molecule has 3 amide bonds. The van der Waals surface area contributed by atoms with Crippen molar-refractivity contribution in [3.8, 4) is 5.75 Å². The number of rotatable bonds is 5. The molecular weight excluding hydrogens is 420 g/mol. The summed E-state index contributed by atoms with van der Waals surface area (Å²) < 4.78 is 5.47. The van der Waals surface area contributed by atoms with Crippen molar-refractivity contribution in [2.45, 2.75) is 38.8 Å². The number of benzene rings is 1. The highest BCUT2D eigenvalue weighted by Gasteiger charge is 2.37. The Morgan fingerprint density at radius 2 is 2.06 bits per heavy atom. The number of fused-ring (bicyclic) bond motifs is 2. The van der Waals surface area contributed by atoms with Crippen LogP contribution in [0.3, 0.4) is 0 Å². The number of urea groups is 1. The summed E-state index contributed by atoms with van der Waals surface area (Å²) in [6, 6.07) is 5.06. The molecule has 4 aliphatic rings. The number of carbonyl (C=O) groups excluding carboxylic acids is 2. The molecule has 4 aliphatic heterocycles. The molecule has 0 radical (unpaired) electrons. The number of hydrogen-bond acceptors (Lipinski definition) is 6. The van der Waals surface area contributed by atoms with Crippen molar-refractivity contribution < 1.29 is 14.3 Å². The maximum Gasteiger partial charge on any atom is 0.333 e. The molecule has 0 aliphatic carbocycles. The number of carbonyl (C=O) groups is 2. The average molecular weight is 451 g/mol. The van der Waals surface area contributed by atoms with Gasteiger partial charge in [-0.15, -0.1) is 0 Å². The summed E-state index contributed by atoms with van der Waals surface area (Å²) in [6.07, 6.45) is 7.80. The van der Waals surface area contributed by atoms with Crippen molar-refractivity contribution in [1.29, 1.82) is 0 Å². The van der Waals surface area contributed by atoms with Gasteiger partial charge in [0.25, 0.3) is 5.91 Å². The highest BCUT2D eigenvalue weighted by molar-refractivity contribution is 6.04. The molecule has 174 valence electrons. The number of hydrogen-bond donors (Lipinski definition) is 2. The van der Waals surface area contributed by atoms with Gasteiger partial charge in [0, 0.05) is 55.8 Å². The summed E-state index contributed by atoms with van der Waals surface area (Å²) in [4.78, 5) is 34.6. The second kappa shape index (κ2) is 8.99. The Bertz CT molecular complexity index is 1060. The minimum absolute atomic E-state index is 0.0487. The maximum atomic E-state index is 13.6. The number of nitrogens with zero attached hydrogens (tertiary/aromatic N) is 4. The van der Waals surface area contributed by atoms with Gasteiger partial charge in [-0.25, -0.2) is 9.80 Å². The monoisotopic (exact) mass is 450 g/mol. The number of dihydropyridines is 1. The fourth-order valence-electron chi connectivity index (χ4n) is 4.90. The smallest absolute Gasteiger partial charge is 0.333 e. The summed E-state index contributed by atoms with van der Waals surface area (Å²) in [7, 11) is 1.56. The minimum atomic E-state index is -0.205. The van der Waals surface area contributed by atoms with Crippen LogP contribution in [0.5, 0.6) is 5.75 Å². The van der Waals surface area contributed by atoms with Crippen molar-refractivity contribution >= 4 is 23.8 Å². The van der Waals surface area contributed by atoms with E-state index >= 15 is 0 Å². The Morgan fingerprint density at radius 1 is 1.24 bits per heavy atom. The van der Waals surface area contributed by atoms with E-state index in [1.807, 2.05) is 24.3 Å². The lowest BCUT2D eigenvalue weighted by molar-refractivity contribution is 0.0749. The number of aliphatic imine (C=N–C) groups is 1. The van der Waals surface area contributed by atoms with Gasteiger partial charge in [0.15, 0.2) is 0 Å². The van der Waals surface area contributed by atoms with E-state index in [2.05, 4.69) is 15.7 Å². The molecule has 33 heavy (non-hydrogen) atoms. The van der Waals surface area contributed by atoms with Crippen LogP contribution < -0.4 is 20.4 Å². The summed E-state index contributed by atoms with van der Waals surface area (Å²) >= 11 is 0. The third-order valence-electron chi connectivity index (χ3n) is 6.58. The Kier molecular flexibility index (Phi) is 5.90. The third-order valence-corrected chi connectivity index (χ3v) is 6.58. The zero-order valence-corrected chi connectivity index (χ0v) is 19.1. The van der Waals surface area contributed by atoms with Gasteiger partial charge in [-0.1, -0.05) is 6.42 Å². The van der Waals surface area contributed by atoms with Crippen LogP contribution in [-0.2, 0) is 0 Å². The normalized spacial score (nSPS) is 22.8. The number of anilines is 1. The average Bonchev–Trinajstić information content (AvgIpc) is 3.33. The van der Waals surface area contributed by atoms with E-state index < -0.39 is 0 Å². The Morgan fingerprint density at radius 3 is 2.82 bits per heavy atom. The van der Waals surface area contributed by atoms with E-state index in [1.54, 1.807) is 35.1 Å². The van der Waals surface area contributed by atoms with Crippen molar-refractivity contribution in [3.63, 3.8) is 0 Å². The van der Waals surface area contributed by atoms with Crippen molar-refractivity contribution in [1.82, 2.24) is 20.7 Å². The van der Waals surface area contributed by atoms with E-state index in [0.717, 1.165) is 55.7 Å². The molecule has 0 aromatic heterocycles. The number of nitrogens with one attached hydrogen (secondary N) is 2. The van der Waals surface area contributed by atoms with Gasteiger partial charge in [-0.3, -0.25) is 30.3 Å². The first-order valence-electron chi connectivity index (χ1n) is 11.7. The summed E-state index contributed by atoms with van der Waals surface area (Å²) in [5, 5.41) is 5.32. The predicted molar refractivity (Wildman–Crippen MR) is 126 cm³/mol. The molecule has 1 atom stereocenters. The van der Waals surface area contributed by atoms with Gasteiger partial charge >= 0.3 is 6.03 Å². The Labute approximate surface area is 193 Å². The van der Waals surface area contributed by atoms with Crippen LogP contribution >= 0.6 is 0 Å². The largest absolute Gasteiger partial charge is 0.497 e. The first kappa shape index (κ1) is 21.7. The van der Waals surface area contributed by atoms with Crippen LogP contribution in [0, 0.1) is 0 Å². The number of piperidine rings is 1. The fourth-order valence-corrected chi connectivity index (χ4v) is 4.90. The molecule has 1 unspecified atom stereocenters. The first-order valence-corrected chi connectivity index (χ1v) is 11.7. The molecule has 0 saturated carbocycles. The maximum absolute atomic E-state index is 13.6. The number of methoxy groups -OCH3 is 1. The van der Waals surface area contributed by atoms with E-state index in [4.69, 9.17) is 4.74 Å². The number of hydrazine groups is 1. The fraction of sp³-hybridized carbons (Fsp3) is 0.458. The van der Waals surface area contributed by atoms with E-state index in [1.165, 1.54) is 6.42 Å². The zero-order valence-electron chi connectivity index (χ0n) is 19.1. The highest BCUT2D eigenvalue weighted by Crippen LogP contribution is 2.36. The molecule has 1 aromatic rings. The molecule has 9 heteroatoms. The SMILES string of the molecule is CCN1C(=O)N(c2cc(OC)cc(C(=O)NN3CCCCC3)c2)C=C2C=NC3NCCC3=C21. The number of ether oxygens (including phenoxy) is 1. The van der Waals surface area contributed by atoms with Crippen LogP contribution in [-0.4, -0.2) is 67.5 Å². The summed E-state index contributed by atoms with van der Waals surface area (Å²) in [5.74, 6) is 0.315. The molecule has 9 nitrogen and oxygen atoms in total.